The number of β-lactam (4-membered cyclic amide) rings is 1. The number of ether oxygens (including phenoxy) is 2. The lowest BCUT2D eigenvalue weighted by Gasteiger charge is -2.50. The van der Waals surface area contributed by atoms with E-state index in [1.54, 1.807) is 48.9 Å². The first-order valence-electron chi connectivity index (χ1n) is 19.6. The lowest BCUT2D eigenvalue weighted by atomic mass is 9.77. The number of benzene rings is 4. The summed E-state index contributed by atoms with van der Waals surface area (Å²) in [6, 6.07) is 35.7. The molecular weight excluding hydrogens is 833 g/mol. The van der Waals surface area contributed by atoms with Gasteiger partial charge in [-0.15, -0.1) is 23.1 Å². The fourth-order valence-electron chi connectivity index (χ4n) is 7.62. The van der Waals surface area contributed by atoms with Crippen LogP contribution in [0.5, 0.6) is 5.75 Å². The number of hydroxylamine groups is 2. The van der Waals surface area contributed by atoms with Gasteiger partial charge in [0.15, 0.2) is 10.8 Å². The maximum atomic E-state index is 14.2. The number of anilines is 1. The summed E-state index contributed by atoms with van der Waals surface area (Å²) in [5.74, 6) is -2.37. The first-order chi connectivity index (χ1) is 30.2. The zero-order chi connectivity index (χ0) is 43.2. The molecule has 0 bridgehead atoms. The number of fused-ring (bicyclic) bond motifs is 1. The van der Waals surface area contributed by atoms with E-state index in [-0.39, 0.29) is 23.7 Å². The number of esters is 1. The van der Waals surface area contributed by atoms with Gasteiger partial charge in [0.05, 0.1) is 7.11 Å². The van der Waals surface area contributed by atoms with Gasteiger partial charge in [0.1, 0.15) is 46.8 Å². The number of rotatable bonds is 16. The summed E-state index contributed by atoms with van der Waals surface area (Å²) in [4.78, 5) is 70.8. The van der Waals surface area contributed by atoms with Gasteiger partial charge in [0.2, 0.25) is 6.61 Å². The number of nitrogens with one attached hydrogen (secondary N) is 2. The Kier molecular flexibility index (Phi) is 12.7. The van der Waals surface area contributed by atoms with Crippen molar-refractivity contribution in [2.75, 3.05) is 38.4 Å². The molecule has 17 heteroatoms. The molecule has 4 aromatic carbocycles. The number of oxime groups is 1. The molecule has 4 heterocycles. The van der Waals surface area contributed by atoms with E-state index in [9.17, 15) is 24.3 Å². The molecule has 318 valence electrons. The normalized spacial score (nSPS) is 19.0. The highest BCUT2D eigenvalue weighted by Gasteiger charge is 2.56. The second kappa shape index (κ2) is 18.6. The number of carbonyl (C=O) groups excluding carboxylic acids is 3. The molecule has 3 aliphatic rings. The number of hydrogen-bond donors (Lipinski definition) is 3. The molecule has 5 aromatic rings. The summed E-state index contributed by atoms with van der Waals surface area (Å²) in [6.07, 6.45) is 0.165. The van der Waals surface area contributed by atoms with Crippen molar-refractivity contribution in [2.45, 2.75) is 36.1 Å². The zero-order valence-electron chi connectivity index (χ0n) is 33.6. The summed E-state index contributed by atoms with van der Waals surface area (Å²) in [7, 11) is 3.36. The molecule has 3 aliphatic heterocycles. The highest BCUT2D eigenvalue weighted by atomic mass is 32.2. The third-order valence-corrected chi connectivity index (χ3v) is 12.7. The Morgan fingerprint density at radius 1 is 0.935 bits per heavy atom. The van der Waals surface area contributed by atoms with E-state index in [0.29, 0.717) is 35.2 Å². The Morgan fingerprint density at radius 2 is 1.56 bits per heavy atom. The minimum Gasteiger partial charge on any atom is -0.497 e. The summed E-state index contributed by atoms with van der Waals surface area (Å²) >= 11 is 2.59. The van der Waals surface area contributed by atoms with E-state index in [4.69, 9.17) is 24.1 Å². The maximum Gasteiger partial charge on any atom is 0.355 e. The van der Waals surface area contributed by atoms with Gasteiger partial charge >= 0.3 is 11.9 Å². The lowest BCUT2D eigenvalue weighted by Crippen LogP contribution is -2.71. The zero-order valence-corrected chi connectivity index (χ0v) is 35.3. The van der Waals surface area contributed by atoms with Crippen LogP contribution in [0, 0.1) is 0 Å². The Hall–Kier alpha value is -6.53. The molecule has 0 spiro atoms. The van der Waals surface area contributed by atoms with E-state index < -0.39 is 53.4 Å². The molecule has 3 atom stereocenters. The van der Waals surface area contributed by atoms with Gasteiger partial charge in [0.25, 0.3) is 11.8 Å². The van der Waals surface area contributed by atoms with E-state index in [1.807, 2.05) is 91.0 Å². The van der Waals surface area contributed by atoms with Gasteiger partial charge in [-0.1, -0.05) is 108 Å². The van der Waals surface area contributed by atoms with Gasteiger partial charge in [-0.2, -0.15) is 5.06 Å². The fraction of sp³-hybridized carbons (Fsp3) is 0.244. The van der Waals surface area contributed by atoms with Gasteiger partial charge < -0.3 is 30.1 Å². The largest absolute Gasteiger partial charge is 0.497 e. The van der Waals surface area contributed by atoms with Crippen molar-refractivity contribution < 1.29 is 43.4 Å². The minimum atomic E-state index is -1.30. The molecular formula is C45H42N6O9S2. The number of thiazole rings is 1. The van der Waals surface area contributed by atoms with Crippen LogP contribution in [-0.2, 0) is 45.7 Å². The first-order valence-corrected chi connectivity index (χ1v) is 21.6. The van der Waals surface area contributed by atoms with Crippen LogP contribution in [0.4, 0.5) is 5.13 Å². The topological polar surface area (TPSA) is 181 Å². The van der Waals surface area contributed by atoms with Crippen LogP contribution in [0.25, 0.3) is 0 Å². The molecule has 62 heavy (non-hydrogen) atoms. The number of hydrogen-bond acceptors (Lipinski definition) is 14. The molecule has 15 nitrogen and oxygen atoms in total. The summed E-state index contributed by atoms with van der Waals surface area (Å²) in [5, 5.41) is 22.7. The van der Waals surface area contributed by atoms with E-state index in [2.05, 4.69) is 15.8 Å². The number of thioether (sulfide) groups is 1. The summed E-state index contributed by atoms with van der Waals surface area (Å²) in [6.45, 7) is -0.239. The van der Waals surface area contributed by atoms with Gasteiger partial charge in [-0.05, 0) is 40.8 Å². The average molecular weight is 875 g/mol. The maximum absolute atomic E-state index is 14.2. The highest BCUT2D eigenvalue weighted by Crippen LogP contribution is 2.44. The molecule has 2 unspecified atom stereocenters. The van der Waals surface area contributed by atoms with Crippen LogP contribution in [-0.4, -0.2) is 100 Å². The number of aromatic nitrogens is 1. The number of methoxy groups -OCH3 is 1. The number of amides is 2. The van der Waals surface area contributed by atoms with Crippen LogP contribution in [0.1, 0.15) is 34.4 Å². The van der Waals surface area contributed by atoms with E-state index >= 15 is 0 Å². The molecule has 1 aromatic heterocycles. The molecule has 0 radical (unpaired) electrons. The third kappa shape index (κ3) is 8.65. The van der Waals surface area contributed by atoms with Crippen LogP contribution in [0.3, 0.4) is 0 Å². The number of nitrogens with zero attached hydrogens (tertiary/aromatic N) is 4. The van der Waals surface area contributed by atoms with Crippen molar-refractivity contribution in [3.63, 3.8) is 0 Å². The Balaban J connectivity index is 1.06. The second-order valence-corrected chi connectivity index (χ2v) is 16.5. The standard InChI is InChI=1S/C45H42N6O9S2/c1-50-23-22-35(60-50)33-26-61-42-38(41(55)51(42)39(33)43(56)58-24-28-18-20-32(57-2)21-19-28)47-40(54)37(49-59-25-36(52)53)34-27-62-44(46-34)48-45(29-12-6-3-7-13-29,30-14-8-4-9-15-30)31-16-10-5-11-17-31/h3-21,27,35,38,42H,22-26H2,1-2H3,(H,46,48)(H,47,54)(H,52,53)/b49-37-/t35-,38?,42?/m0/s1. The quantitative estimate of drug-likeness (QED) is 0.0378. The van der Waals surface area contributed by atoms with Gasteiger partial charge in [0, 0.05) is 30.3 Å². The van der Waals surface area contributed by atoms with Crippen molar-refractivity contribution in [2.24, 2.45) is 5.16 Å². The summed E-state index contributed by atoms with van der Waals surface area (Å²) in [5.41, 5.74) is 3.02. The van der Waals surface area contributed by atoms with Crippen molar-refractivity contribution in [1.82, 2.24) is 20.3 Å². The molecule has 2 saturated heterocycles. The van der Waals surface area contributed by atoms with Crippen LogP contribution < -0.4 is 15.4 Å². The molecule has 0 aliphatic carbocycles. The van der Waals surface area contributed by atoms with Crippen molar-refractivity contribution in [3.05, 3.63) is 160 Å². The molecule has 0 saturated carbocycles. The SMILES string of the molecule is COc1ccc(COC(=O)C2=C([C@@H]3CCN(C)O3)CSC3C(NC(=O)/C(=N\OCC(=O)O)c4csc(NC(c5ccccc5)(c5ccccc5)c5ccccc5)n4)C(=O)N23)cc1. The van der Waals surface area contributed by atoms with Crippen LogP contribution in [0.15, 0.2) is 137 Å². The van der Waals surface area contributed by atoms with Gasteiger partial charge in [-0.25, -0.2) is 14.6 Å². The van der Waals surface area contributed by atoms with Crippen molar-refractivity contribution in [3.8, 4) is 5.75 Å². The number of carbonyl (C=O) groups is 4. The predicted octanol–water partition coefficient (Wildman–Crippen LogP) is 5.39. The summed E-state index contributed by atoms with van der Waals surface area (Å²) < 4.78 is 11.0. The Bertz CT molecular complexity index is 2390. The molecule has 3 N–H and O–H groups in total. The van der Waals surface area contributed by atoms with Crippen molar-refractivity contribution in [1.29, 1.82) is 0 Å². The molecule has 8 rings (SSSR count). The number of carboxylic acids is 1. The monoisotopic (exact) mass is 874 g/mol. The Labute approximate surface area is 365 Å². The minimum absolute atomic E-state index is 0.0468. The third-order valence-electron chi connectivity index (χ3n) is 10.6. The van der Waals surface area contributed by atoms with E-state index in [1.165, 1.54) is 28.0 Å². The van der Waals surface area contributed by atoms with Crippen molar-refractivity contribution >= 4 is 57.7 Å². The first kappa shape index (κ1) is 42.2. The fourth-order valence-corrected chi connectivity index (χ4v) is 9.78. The lowest BCUT2D eigenvalue weighted by molar-refractivity contribution is -0.154. The molecule has 2 fully saturated rings. The predicted molar refractivity (Wildman–Crippen MR) is 232 cm³/mol. The van der Waals surface area contributed by atoms with Crippen LogP contribution in [0.2, 0.25) is 0 Å². The second-order valence-electron chi connectivity index (χ2n) is 14.5. The average Bonchev–Trinajstić information content (AvgIpc) is 3.97. The number of aliphatic carboxylic acids is 1. The smallest absolute Gasteiger partial charge is 0.355 e. The highest BCUT2D eigenvalue weighted by molar-refractivity contribution is 8.00. The molecule has 2 amide bonds. The van der Waals surface area contributed by atoms with Crippen LogP contribution >= 0.6 is 23.1 Å². The number of carboxylic acid groups (broad SMARTS) is 1. The van der Waals surface area contributed by atoms with Gasteiger partial charge in [-0.3, -0.25) is 19.3 Å². The Morgan fingerprint density at radius 3 is 2.13 bits per heavy atom. The van der Waals surface area contributed by atoms with E-state index in [0.717, 1.165) is 22.3 Å².